The molecule has 2 atom stereocenters. The van der Waals surface area contributed by atoms with E-state index in [1.54, 1.807) is 0 Å². The summed E-state index contributed by atoms with van der Waals surface area (Å²) >= 11 is 0. The first-order valence-electron chi connectivity index (χ1n) is 6.57. The SMILES string of the molecule is CCC(Nc1nc(N)nc(C(C)F)n1)c1ccccc1. The molecular weight excluding hydrogens is 257 g/mol. The van der Waals surface area contributed by atoms with Gasteiger partial charge in [-0.3, -0.25) is 0 Å². The fraction of sp³-hybridized carbons (Fsp3) is 0.357. The maximum absolute atomic E-state index is 13.3. The van der Waals surface area contributed by atoms with E-state index in [4.69, 9.17) is 5.73 Å². The van der Waals surface area contributed by atoms with Gasteiger partial charge in [0.2, 0.25) is 11.9 Å². The minimum Gasteiger partial charge on any atom is -0.368 e. The predicted octanol–water partition coefficient (Wildman–Crippen LogP) is 3.05. The smallest absolute Gasteiger partial charge is 0.228 e. The summed E-state index contributed by atoms with van der Waals surface area (Å²) < 4.78 is 13.3. The van der Waals surface area contributed by atoms with E-state index in [1.807, 2.05) is 37.3 Å². The van der Waals surface area contributed by atoms with Crippen LogP contribution >= 0.6 is 0 Å². The van der Waals surface area contributed by atoms with Gasteiger partial charge in [-0.2, -0.15) is 15.0 Å². The van der Waals surface area contributed by atoms with Crippen molar-refractivity contribution in [2.24, 2.45) is 0 Å². The number of aromatic nitrogens is 3. The lowest BCUT2D eigenvalue weighted by atomic mass is 10.1. The van der Waals surface area contributed by atoms with Crippen LogP contribution in [0.1, 0.15) is 43.9 Å². The lowest BCUT2D eigenvalue weighted by Gasteiger charge is -2.17. The Labute approximate surface area is 117 Å². The molecule has 0 spiro atoms. The molecule has 0 aliphatic carbocycles. The topological polar surface area (TPSA) is 76.7 Å². The zero-order valence-electron chi connectivity index (χ0n) is 11.5. The van der Waals surface area contributed by atoms with Gasteiger partial charge in [0.25, 0.3) is 0 Å². The summed E-state index contributed by atoms with van der Waals surface area (Å²) in [6.07, 6.45) is -0.437. The summed E-state index contributed by atoms with van der Waals surface area (Å²) in [5.74, 6) is 0.362. The van der Waals surface area contributed by atoms with Gasteiger partial charge in [0.05, 0.1) is 6.04 Å². The second-order valence-corrected chi connectivity index (χ2v) is 4.51. The van der Waals surface area contributed by atoms with Gasteiger partial charge < -0.3 is 11.1 Å². The number of nitrogens with zero attached hydrogens (tertiary/aromatic N) is 3. The zero-order valence-corrected chi connectivity index (χ0v) is 11.5. The van der Waals surface area contributed by atoms with Gasteiger partial charge in [-0.1, -0.05) is 37.3 Å². The molecule has 20 heavy (non-hydrogen) atoms. The molecule has 0 saturated heterocycles. The molecule has 3 N–H and O–H groups in total. The van der Waals surface area contributed by atoms with Crippen molar-refractivity contribution in [3.05, 3.63) is 41.7 Å². The lowest BCUT2D eigenvalue weighted by Crippen LogP contribution is -2.15. The van der Waals surface area contributed by atoms with Gasteiger partial charge >= 0.3 is 0 Å². The Bertz CT molecular complexity index is 559. The number of alkyl halides is 1. The highest BCUT2D eigenvalue weighted by molar-refractivity contribution is 5.35. The van der Waals surface area contributed by atoms with Gasteiger partial charge in [-0.15, -0.1) is 0 Å². The summed E-state index contributed by atoms with van der Waals surface area (Å²) in [5.41, 5.74) is 6.70. The first kappa shape index (κ1) is 14.2. The predicted molar refractivity (Wildman–Crippen MR) is 76.9 cm³/mol. The van der Waals surface area contributed by atoms with Crippen LogP contribution in [0.15, 0.2) is 30.3 Å². The number of rotatable bonds is 5. The Morgan fingerprint density at radius 1 is 1.20 bits per heavy atom. The van der Waals surface area contributed by atoms with E-state index < -0.39 is 6.17 Å². The molecule has 0 radical (unpaired) electrons. The van der Waals surface area contributed by atoms with Gasteiger partial charge in [0.15, 0.2) is 12.0 Å². The minimum absolute atomic E-state index is 0.0184. The second-order valence-electron chi connectivity index (χ2n) is 4.51. The van der Waals surface area contributed by atoms with E-state index in [9.17, 15) is 4.39 Å². The van der Waals surface area contributed by atoms with Gasteiger partial charge in [0.1, 0.15) is 0 Å². The average Bonchev–Trinajstić information content (AvgIpc) is 2.45. The summed E-state index contributed by atoms with van der Waals surface area (Å²) in [5, 5.41) is 3.17. The van der Waals surface area contributed by atoms with Crippen LogP contribution < -0.4 is 11.1 Å². The maximum Gasteiger partial charge on any atom is 0.228 e. The van der Waals surface area contributed by atoms with Crippen LogP contribution in [0.4, 0.5) is 16.3 Å². The summed E-state index contributed by atoms with van der Waals surface area (Å²) in [6, 6.07) is 9.97. The fourth-order valence-corrected chi connectivity index (χ4v) is 1.91. The summed E-state index contributed by atoms with van der Waals surface area (Å²) in [4.78, 5) is 11.8. The number of anilines is 2. The molecule has 0 amide bonds. The molecule has 2 unspecified atom stereocenters. The molecule has 1 aromatic heterocycles. The molecule has 5 nitrogen and oxygen atoms in total. The van der Waals surface area contributed by atoms with Crippen LogP contribution in [0.2, 0.25) is 0 Å². The Kier molecular flexibility index (Phi) is 4.45. The van der Waals surface area contributed by atoms with Crippen molar-refractivity contribution in [1.29, 1.82) is 0 Å². The van der Waals surface area contributed by atoms with Crippen molar-refractivity contribution in [3.63, 3.8) is 0 Å². The van der Waals surface area contributed by atoms with Crippen molar-refractivity contribution >= 4 is 11.9 Å². The van der Waals surface area contributed by atoms with Crippen LogP contribution in [-0.2, 0) is 0 Å². The Balaban J connectivity index is 2.24. The highest BCUT2D eigenvalue weighted by Crippen LogP contribution is 2.21. The third kappa shape index (κ3) is 3.40. The Morgan fingerprint density at radius 3 is 2.50 bits per heavy atom. The number of nitrogens with two attached hydrogens (primary N) is 1. The van der Waals surface area contributed by atoms with Crippen LogP contribution in [0.25, 0.3) is 0 Å². The molecule has 106 valence electrons. The molecule has 0 fully saturated rings. The molecule has 0 aliphatic rings. The number of nitrogen functional groups attached to an aromatic ring is 1. The molecule has 1 heterocycles. The van der Waals surface area contributed by atoms with Gasteiger partial charge in [-0.25, -0.2) is 4.39 Å². The molecule has 0 aliphatic heterocycles. The van der Waals surface area contributed by atoms with E-state index in [0.717, 1.165) is 12.0 Å². The molecule has 6 heteroatoms. The van der Waals surface area contributed by atoms with Crippen molar-refractivity contribution in [1.82, 2.24) is 15.0 Å². The van der Waals surface area contributed by atoms with E-state index >= 15 is 0 Å². The van der Waals surface area contributed by atoms with Crippen molar-refractivity contribution in [2.75, 3.05) is 11.1 Å². The third-order valence-corrected chi connectivity index (χ3v) is 2.94. The van der Waals surface area contributed by atoms with Crippen molar-refractivity contribution in [3.8, 4) is 0 Å². The third-order valence-electron chi connectivity index (χ3n) is 2.94. The zero-order chi connectivity index (χ0) is 14.5. The first-order valence-corrected chi connectivity index (χ1v) is 6.57. The summed E-state index contributed by atoms with van der Waals surface area (Å²) in [6.45, 7) is 3.42. The van der Waals surface area contributed by atoms with Crippen molar-refractivity contribution < 1.29 is 4.39 Å². The second kappa shape index (κ2) is 6.27. The lowest BCUT2D eigenvalue weighted by molar-refractivity contribution is 0.356. The highest BCUT2D eigenvalue weighted by Gasteiger charge is 2.14. The molecular formula is C14H18FN5. The molecule has 1 aromatic carbocycles. The summed E-state index contributed by atoms with van der Waals surface area (Å²) in [7, 11) is 0. The quantitative estimate of drug-likeness (QED) is 0.877. The van der Waals surface area contributed by atoms with Crippen LogP contribution in [0, 0.1) is 0 Å². The number of halogens is 1. The molecule has 0 bridgehead atoms. The number of benzene rings is 1. The van der Waals surface area contributed by atoms with E-state index in [1.165, 1.54) is 6.92 Å². The molecule has 2 aromatic rings. The number of nitrogens with one attached hydrogen (secondary N) is 1. The molecule has 0 saturated carbocycles. The van der Waals surface area contributed by atoms with E-state index in [0.29, 0.717) is 5.95 Å². The number of hydrogen-bond donors (Lipinski definition) is 2. The average molecular weight is 275 g/mol. The van der Waals surface area contributed by atoms with Crippen molar-refractivity contribution in [2.45, 2.75) is 32.5 Å². The van der Waals surface area contributed by atoms with Crippen LogP contribution in [-0.4, -0.2) is 15.0 Å². The fourth-order valence-electron chi connectivity index (χ4n) is 1.91. The molecule has 2 rings (SSSR count). The standard InChI is InChI=1S/C14H18FN5/c1-3-11(10-7-5-4-6-8-10)17-14-19-12(9(2)15)18-13(16)20-14/h4-9,11H,3H2,1-2H3,(H3,16,17,18,19,20). The first-order chi connectivity index (χ1) is 9.60. The van der Waals surface area contributed by atoms with Crippen LogP contribution in [0.5, 0.6) is 0 Å². The minimum atomic E-state index is -1.28. The number of hydrogen-bond acceptors (Lipinski definition) is 5. The monoisotopic (exact) mass is 275 g/mol. The highest BCUT2D eigenvalue weighted by atomic mass is 19.1. The van der Waals surface area contributed by atoms with Crippen LogP contribution in [0.3, 0.4) is 0 Å². The van der Waals surface area contributed by atoms with Gasteiger partial charge in [-0.05, 0) is 18.9 Å². The maximum atomic E-state index is 13.3. The van der Waals surface area contributed by atoms with E-state index in [2.05, 4.69) is 20.3 Å². The van der Waals surface area contributed by atoms with E-state index in [-0.39, 0.29) is 17.8 Å². The Morgan fingerprint density at radius 2 is 1.90 bits per heavy atom. The van der Waals surface area contributed by atoms with Gasteiger partial charge in [0, 0.05) is 0 Å². The Hall–Kier alpha value is -2.24. The normalized spacial score (nSPS) is 13.8. The largest absolute Gasteiger partial charge is 0.368 e.